The van der Waals surface area contributed by atoms with Crippen LogP contribution in [0.25, 0.3) is 0 Å². The summed E-state index contributed by atoms with van der Waals surface area (Å²) in [7, 11) is 0. The fraction of sp³-hybridized carbons (Fsp3) is 0.238. The molecule has 2 N–H and O–H groups in total. The summed E-state index contributed by atoms with van der Waals surface area (Å²) in [5.41, 5.74) is 6.04. The number of halogens is 2. The fourth-order valence-electron chi connectivity index (χ4n) is 3.08. The van der Waals surface area contributed by atoms with Gasteiger partial charge in [-0.3, -0.25) is 30.0 Å². The number of rotatable bonds is 5. The standard InChI is InChI=1S/C21H19Cl2N3O5/c1-12-16(23)3-2-4-17(12)26-10-14(9-19(26)28)21(30)31-11-18(27)24-25-20(29)13-5-7-15(22)8-6-13/h2-8,14H,9-11H2,1H3,(H,24,27)(H,25,29)/t14-/m0/s1. The molecule has 8 nitrogen and oxygen atoms in total. The predicted octanol–water partition coefficient (Wildman–Crippen LogP) is 2.66. The number of hydrogen-bond donors (Lipinski definition) is 2. The van der Waals surface area contributed by atoms with Crippen LogP contribution in [0.5, 0.6) is 0 Å². The van der Waals surface area contributed by atoms with Crippen LogP contribution in [0.3, 0.4) is 0 Å². The normalized spacial score (nSPS) is 15.5. The van der Waals surface area contributed by atoms with Crippen LogP contribution in [0.4, 0.5) is 5.69 Å². The third-order valence-electron chi connectivity index (χ3n) is 4.76. The summed E-state index contributed by atoms with van der Waals surface area (Å²) in [5.74, 6) is -2.88. The molecule has 0 bridgehead atoms. The topological polar surface area (TPSA) is 105 Å². The molecule has 1 aliphatic rings. The van der Waals surface area contributed by atoms with Crippen LogP contribution in [0.2, 0.25) is 10.0 Å². The first-order chi connectivity index (χ1) is 14.8. The lowest BCUT2D eigenvalue weighted by molar-refractivity contribution is -0.152. The maximum Gasteiger partial charge on any atom is 0.311 e. The molecule has 0 radical (unpaired) electrons. The van der Waals surface area contributed by atoms with Crippen LogP contribution < -0.4 is 15.8 Å². The van der Waals surface area contributed by atoms with E-state index < -0.39 is 30.3 Å². The zero-order valence-corrected chi connectivity index (χ0v) is 18.0. The molecule has 3 amide bonds. The number of carbonyl (C=O) groups is 4. The summed E-state index contributed by atoms with van der Waals surface area (Å²) in [5, 5.41) is 0.996. The van der Waals surface area contributed by atoms with Crippen molar-refractivity contribution in [1.29, 1.82) is 0 Å². The Hall–Kier alpha value is -3.10. The van der Waals surface area contributed by atoms with Gasteiger partial charge in [-0.25, -0.2) is 0 Å². The first-order valence-corrected chi connectivity index (χ1v) is 10.1. The molecule has 2 aromatic carbocycles. The molecule has 1 fully saturated rings. The van der Waals surface area contributed by atoms with Gasteiger partial charge < -0.3 is 9.64 Å². The van der Waals surface area contributed by atoms with Crippen molar-refractivity contribution in [3.05, 3.63) is 63.6 Å². The molecule has 162 valence electrons. The second kappa shape index (κ2) is 9.80. The zero-order valence-electron chi connectivity index (χ0n) is 16.5. The van der Waals surface area contributed by atoms with E-state index in [0.29, 0.717) is 21.3 Å². The van der Waals surface area contributed by atoms with Crippen molar-refractivity contribution in [2.24, 2.45) is 5.92 Å². The number of carbonyl (C=O) groups excluding carboxylic acids is 4. The maximum absolute atomic E-state index is 12.4. The van der Waals surface area contributed by atoms with E-state index in [0.717, 1.165) is 5.56 Å². The number of nitrogens with one attached hydrogen (secondary N) is 2. The number of benzene rings is 2. The Morgan fingerprint density at radius 1 is 1.10 bits per heavy atom. The van der Waals surface area contributed by atoms with Crippen molar-refractivity contribution in [2.45, 2.75) is 13.3 Å². The molecule has 2 aromatic rings. The number of esters is 1. The van der Waals surface area contributed by atoms with Gasteiger partial charge in [-0.15, -0.1) is 0 Å². The van der Waals surface area contributed by atoms with E-state index in [1.807, 2.05) is 0 Å². The third-order valence-corrected chi connectivity index (χ3v) is 5.42. The SMILES string of the molecule is Cc1c(Cl)cccc1N1C[C@@H](C(=O)OCC(=O)NNC(=O)c2ccc(Cl)cc2)CC1=O. The van der Waals surface area contributed by atoms with Crippen LogP contribution in [-0.2, 0) is 19.1 Å². The molecule has 0 saturated carbocycles. The average Bonchev–Trinajstić information content (AvgIpc) is 3.14. The third kappa shape index (κ3) is 5.53. The van der Waals surface area contributed by atoms with Gasteiger partial charge in [0.15, 0.2) is 6.61 Å². The predicted molar refractivity (Wildman–Crippen MR) is 115 cm³/mol. The molecule has 1 aliphatic heterocycles. The van der Waals surface area contributed by atoms with E-state index in [9.17, 15) is 19.2 Å². The van der Waals surface area contributed by atoms with Gasteiger partial charge in [-0.1, -0.05) is 29.3 Å². The minimum absolute atomic E-state index is 0.0281. The van der Waals surface area contributed by atoms with E-state index in [1.165, 1.54) is 29.2 Å². The van der Waals surface area contributed by atoms with Crippen LogP contribution in [0.15, 0.2) is 42.5 Å². The van der Waals surface area contributed by atoms with Gasteiger partial charge in [0.2, 0.25) is 5.91 Å². The van der Waals surface area contributed by atoms with Crippen molar-refractivity contribution >= 4 is 52.6 Å². The minimum atomic E-state index is -0.720. The average molecular weight is 464 g/mol. The van der Waals surface area contributed by atoms with Crippen molar-refractivity contribution in [2.75, 3.05) is 18.1 Å². The molecule has 0 unspecified atom stereocenters. The van der Waals surface area contributed by atoms with Crippen molar-refractivity contribution in [3.63, 3.8) is 0 Å². The summed E-state index contributed by atoms with van der Waals surface area (Å²) in [4.78, 5) is 50.0. The highest BCUT2D eigenvalue weighted by molar-refractivity contribution is 6.32. The molecule has 3 rings (SSSR count). The maximum atomic E-state index is 12.4. The van der Waals surface area contributed by atoms with Crippen LogP contribution >= 0.6 is 23.2 Å². The monoisotopic (exact) mass is 463 g/mol. The van der Waals surface area contributed by atoms with Crippen molar-refractivity contribution < 1.29 is 23.9 Å². The van der Waals surface area contributed by atoms with Gasteiger partial charge in [0.25, 0.3) is 11.8 Å². The highest BCUT2D eigenvalue weighted by Gasteiger charge is 2.37. The number of nitrogens with zero attached hydrogens (tertiary/aromatic N) is 1. The van der Waals surface area contributed by atoms with E-state index in [1.54, 1.807) is 25.1 Å². The fourth-order valence-corrected chi connectivity index (χ4v) is 3.37. The first kappa shape index (κ1) is 22.6. The smallest absolute Gasteiger partial charge is 0.311 e. The van der Waals surface area contributed by atoms with Gasteiger partial charge in [0, 0.05) is 34.3 Å². The van der Waals surface area contributed by atoms with E-state index in [2.05, 4.69) is 10.9 Å². The number of hydrazine groups is 1. The van der Waals surface area contributed by atoms with Gasteiger partial charge in [0.05, 0.1) is 5.92 Å². The summed E-state index contributed by atoms with van der Waals surface area (Å²) in [6.45, 7) is 1.33. The summed E-state index contributed by atoms with van der Waals surface area (Å²) in [6, 6.07) is 11.3. The second-order valence-corrected chi connectivity index (χ2v) is 7.75. The lowest BCUT2D eigenvalue weighted by Gasteiger charge is -2.19. The molecule has 10 heteroatoms. The van der Waals surface area contributed by atoms with Gasteiger partial charge in [-0.05, 0) is 48.9 Å². The Morgan fingerprint density at radius 3 is 2.52 bits per heavy atom. The summed E-state index contributed by atoms with van der Waals surface area (Å²) < 4.78 is 5.00. The molecule has 0 aliphatic carbocycles. The lowest BCUT2D eigenvalue weighted by Crippen LogP contribution is -2.43. The Bertz CT molecular complexity index is 1030. The Labute approximate surface area is 188 Å². The Balaban J connectivity index is 1.47. The van der Waals surface area contributed by atoms with Gasteiger partial charge in [-0.2, -0.15) is 0 Å². The zero-order chi connectivity index (χ0) is 22.5. The van der Waals surface area contributed by atoms with Crippen molar-refractivity contribution in [3.8, 4) is 0 Å². The van der Waals surface area contributed by atoms with Gasteiger partial charge >= 0.3 is 5.97 Å². The number of anilines is 1. The first-order valence-electron chi connectivity index (χ1n) is 9.33. The van der Waals surface area contributed by atoms with Crippen LogP contribution in [-0.4, -0.2) is 36.8 Å². The molecular weight excluding hydrogens is 445 g/mol. The van der Waals surface area contributed by atoms with Crippen LogP contribution in [0, 0.1) is 12.8 Å². The number of amides is 3. The molecule has 1 saturated heterocycles. The molecule has 1 heterocycles. The molecule has 1 atom stereocenters. The summed E-state index contributed by atoms with van der Waals surface area (Å²) >= 11 is 11.9. The van der Waals surface area contributed by atoms with E-state index in [4.69, 9.17) is 27.9 Å². The molecule has 0 spiro atoms. The van der Waals surface area contributed by atoms with Gasteiger partial charge in [0.1, 0.15) is 0 Å². The lowest BCUT2D eigenvalue weighted by atomic mass is 10.1. The molecular formula is C21H19Cl2N3O5. The Kier molecular flexibility index (Phi) is 7.14. The van der Waals surface area contributed by atoms with Crippen LogP contribution in [0.1, 0.15) is 22.3 Å². The summed E-state index contributed by atoms with van der Waals surface area (Å²) in [6.07, 6.45) is -0.0281. The molecule has 31 heavy (non-hydrogen) atoms. The highest BCUT2D eigenvalue weighted by atomic mass is 35.5. The quantitative estimate of drug-likeness (QED) is 0.523. The molecule has 0 aromatic heterocycles. The minimum Gasteiger partial charge on any atom is -0.455 e. The second-order valence-electron chi connectivity index (χ2n) is 6.91. The number of hydrogen-bond acceptors (Lipinski definition) is 5. The van der Waals surface area contributed by atoms with E-state index in [-0.39, 0.29) is 18.9 Å². The van der Waals surface area contributed by atoms with E-state index >= 15 is 0 Å². The largest absolute Gasteiger partial charge is 0.455 e. The Morgan fingerprint density at radius 2 is 1.81 bits per heavy atom. The highest BCUT2D eigenvalue weighted by Crippen LogP contribution is 2.31. The number of ether oxygens (including phenoxy) is 1. The van der Waals surface area contributed by atoms with Crippen molar-refractivity contribution in [1.82, 2.24) is 10.9 Å².